The number of ketones is 1. The van der Waals surface area contributed by atoms with Gasteiger partial charge in [-0.1, -0.05) is 25.8 Å². The van der Waals surface area contributed by atoms with E-state index in [4.69, 9.17) is 0 Å². The van der Waals surface area contributed by atoms with E-state index in [1.165, 1.54) is 0 Å². The fourth-order valence-electron chi connectivity index (χ4n) is 1.65. The fourth-order valence-corrected chi connectivity index (χ4v) is 1.65. The molecule has 0 bridgehead atoms. The lowest BCUT2D eigenvalue weighted by Gasteiger charge is -2.16. The molecule has 0 unspecified atom stereocenters. The Bertz CT molecular complexity index is 206. The molecule has 0 aromatic carbocycles. The first-order chi connectivity index (χ1) is 6.25. The zero-order valence-electron chi connectivity index (χ0n) is 8.25. The molecule has 1 aliphatic carbocycles. The molecule has 0 spiro atoms. The van der Waals surface area contributed by atoms with Crippen molar-refractivity contribution in [3.63, 3.8) is 0 Å². The van der Waals surface area contributed by atoms with Crippen molar-refractivity contribution < 1.29 is 9.90 Å². The second-order valence-corrected chi connectivity index (χ2v) is 3.63. The number of allylic oxidation sites excluding steroid dienone is 1. The van der Waals surface area contributed by atoms with E-state index in [1.807, 2.05) is 6.08 Å². The summed E-state index contributed by atoms with van der Waals surface area (Å²) in [7, 11) is 0. The average molecular weight is 182 g/mol. The molecule has 13 heavy (non-hydrogen) atoms. The monoisotopic (exact) mass is 182 g/mol. The van der Waals surface area contributed by atoms with Crippen LogP contribution in [0.4, 0.5) is 0 Å². The minimum absolute atomic E-state index is 0.148. The minimum atomic E-state index is -0.507. The topological polar surface area (TPSA) is 37.3 Å². The summed E-state index contributed by atoms with van der Waals surface area (Å²) in [4.78, 5) is 11.4. The molecule has 0 aliphatic heterocycles. The maximum absolute atomic E-state index is 11.4. The van der Waals surface area contributed by atoms with Crippen LogP contribution in [0.2, 0.25) is 0 Å². The molecular formula is C11H18O2. The highest BCUT2D eigenvalue weighted by Gasteiger charge is 2.19. The van der Waals surface area contributed by atoms with Gasteiger partial charge in [0.05, 0.1) is 6.10 Å². The van der Waals surface area contributed by atoms with Crippen molar-refractivity contribution >= 4 is 5.78 Å². The van der Waals surface area contributed by atoms with Gasteiger partial charge in [0.15, 0.2) is 5.78 Å². The lowest BCUT2D eigenvalue weighted by molar-refractivity contribution is -0.117. The van der Waals surface area contributed by atoms with Crippen molar-refractivity contribution in [1.82, 2.24) is 0 Å². The van der Waals surface area contributed by atoms with Gasteiger partial charge in [0.25, 0.3) is 0 Å². The van der Waals surface area contributed by atoms with Crippen LogP contribution in [0, 0.1) is 0 Å². The number of unbranched alkanes of at least 4 members (excludes halogenated alkanes) is 1. The molecule has 2 nitrogen and oxygen atoms in total. The molecular weight excluding hydrogens is 164 g/mol. The minimum Gasteiger partial charge on any atom is -0.388 e. The van der Waals surface area contributed by atoms with E-state index in [0.717, 1.165) is 32.1 Å². The molecule has 1 rings (SSSR count). The largest absolute Gasteiger partial charge is 0.388 e. The molecule has 0 amide bonds. The number of rotatable bonds is 4. The Morgan fingerprint density at radius 1 is 1.62 bits per heavy atom. The smallest absolute Gasteiger partial charge is 0.161 e. The summed E-state index contributed by atoms with van der Waals surface area (Å²) in [6, 6.07) is 0. The van der Waals surface area contributed by atoms with Gasteiger partial charge in [0.1, 0.15) is 0 Å². The van der Waals surface area contributed by atoms with Gasteiger partial charge in [-0.05, 0) is 19.3 Å². The van der Waals surface area contributed by atoms with E-state index in [9.17, 15) is 9.90 Å². The Labute approximate surface area is 79.6 Å². The van der Waals surface area contributed by atoms with Crippen LogP contribution in [-0.2, 0) is 4.79 Å². The van der Waals surface area contributed by atoms with Gasteiger partial charge in [0.2, 0.25) is 0 Å². The third-order valence-corrected chi connectivity index (χ3v) is 2.48. The highest BCUT2D eigenvalue weighted by atomic mass is 16.3. The van der Waals surface area contributed by atoms with Crippen molar-refractivity contribution in [1.29, 1.82) is 0 Å². The Kier molecular flexibility index (Phi) is 4.16. The normalized spacial score (nSPS) is 19.8. The molecule has 1 aliphatic rings. The van der Waals surface area contributed by atoms with Crippen molar-refractivity contribution in [2.45, 2.75) is 51.6 Å². The van der Waals surface area contributed by atoms with E-state index in [1.54, 1.807) is 0 Å². The van der Waals surface area contributed by atoms with Crippen LogP contribution in [0.5, 0.6) is 0 Å². The lowest BCUT2D eigenvalue weighted by Crippen LogP contribution is -2.20. The van der Waals surface area contributed by atoms with Crippen molar-refractivity contribution in [3.8, 4) is 0 Å². The van der Waals surface area contributed by atoms with Gasteiger partial charge in [-0.2, -0.15) is 0 Å². The van der Waals surface area contributed by atoms with Crippen LogP contribution in [0.15, 0.2) is 11.6 Å². The first-order valence-corrected chi connectivity index (χ1v) is 5.17. The predicted octanol–water partition coefficient (Wildman–Crippen LogP) is 2.22. The number of carbonyl (C=O) groups excluding carboxylic acids is 1. The maximum Gasteiger partial charge on any atom is 0.161 e. The van der Waals surface area contributed by atoms with Gasteiger partial charge in [-0.25, -0.2) is 0 Å². The molecule has 74 valence electrons. The highest BCUT2D eigenvalue weighted by molar-refractivity contribution is 5.96. The van der Waals surface area contributed by atoms with Crippen LogP contribution in [0.1, 0.15) is 45.4 Å². The molecule has 0 aromatic rings. The van der Waals surface area contributed by atoms with E-state index < -0.39 is 6.10 Å². The Hall–Kier alpha value is -0.630. The molecule has 0 saturated heterocycles. The van der Waals surface area contributed by atoms with Crippen molar-refractivity contribution in [2.75, 3.05) is 0 Å². The Balaban J connectivity index is 2.48. The SMILES string of the molecule is CCCC[C@@H](O)C1=CCCCC1=O. The summed E-state index contributed by atoms with van der Waals surface area (Å²) in [5.41, 5.74) is 0.666. The maximum atomic E-state index is 11.4. The summed E-state index contributed by atoms with van der Waals surface area (Å²) < 4.78 is 0. The van der Waals surface area contributed by atoms with E-state index in [-0.39, 0.29) is 5.78 Å². The number of hydrogen-bond acceptors (Lipinski definition) is 2. The summed E-state index contributed by atoms with van der Waals surface area (Å²) in [5.74, 6) is 0.148. The number of aliphatic hydroxyl groups is 1. The lowest BCUT2D eigenvalue weighted by atomic mass is 9.92. The van der Waals surface area contributed by atoms with Gasteiger partial charge in [-0.3, -0.25) is 4.79 Å². The summed E-state index contributed by atoms with van der Waals surface area (Å²) >= 11 is 0. The third kappa shape index (κ3) is 2.96. The number of hydrogen-bond donors (Lipinski definition) is 1. The molecule has 2 heteroatoms. The van der Waals surface area contributed by atoms with Crippen LogP contribution < -0.4 is 0 Å². The molecule has 0 heterocycles. The zero-order valence-corrected chi connectivity index (χ0v) is 8.25. The van der Waals surface area contributed by atoms with Gasteiger partial charge >= 0.3 is 0 Å². The highest BCUT2D eigenvalue weighted by Crippen LogP contribution is 2.19. The van der Waals surface area contributed by atoms with Gasteiger partial charge in [0, 0.05) is 12.0 Å². The van der Waals surface area contributed by atoms with E-state index >= 15 is 0 Å². The molecule has 0 aromatic heterocycles. The summed E-state index contributed by atoms with van der Waals surface area (Å²) in [5, 5.41) is 9.69. The second-order valence-electron chi connectivity index (χ2n) is 3.63. The number of carbonyl (C=O) groups is 1. The van der Waals surface area contributed by atoms with Crippen LogP contribution in [0.25, 0.3) is 0 Å². The first-order valence-electron chi connectivity index (χ1n) is 5.17. The third-order valence-electron chi connectivity index (χ3n) is 2.48. The second kappa shape index (κ2) is 5.18. The summed E-state index contributed by atoms with van der Waals surface area (Å²) in [6.45, 7) is 2.09. The van der Waals surface area contributed by atoms with E-state index in [2.05, 4.69) is 6.92 Å². The molecule has 0 radical (unpaired) electrons. The quantitative estimate of drug-likeness (QED) is 0.723. The first kappa shape index (κ1) is 10.5. The molecule has 1 atom stereocenters. The van der Waals surface area contributed by atoms with Crippen LogP contribution in [0.3, 0.4) is 0 Å². The number of Topliss-reactive ketones (excluding diaryl/α,β-unsaturated/α-hetero) is 1. The zero-order chi connectivity index (χ0) is 9.68. The number of aliphatic hydroxyl groups excluding tert-OH is 1. The van der Waals surface area contributed by atoms with E-state index in [0.29, 0.717) is 12.0 Å². The fraction of sp³-hybridized carbons (Fsp3) is 0.727. The average Bonchev–Trinajstić information content (AvgIpc) is 2.15. The molecule has 1 N–H and O–H groups in total. The molecule has 0 saturated carbocycles. The molecule has 0 fully saturated rings. The Morgan fingerprint density at radius 3 is 3.00 bits per heavy atom. The van der Waals surface area contributed by atoms with Crippen LogP contribution in [-0.4, -0.2) is 17.0 Å². The standard InChI is InChI=1S/C11H18O2/c1-2-3-7-10(12)9-6-4-5-8-11(9)13/h6,10,12H,2-5,7-8H2,1H3/t10-/m1/s1. The predicted molar refractivity (Wildman–Crippen MR) is 52.5 cm³/mol. The van der Waals surface area contributed by atoms with Crippen molar-refractivity contribution in [2.24, 2.45) is 0 Å². The van der Waals surface area contributed by atoms with Gasteiger partial charge < -0.3 is 5.11 Å². The van der Waals surface area contributed by atoms with Crippen LogP contribution >= 0.6 is 0 Å². The van der Waals surface area contributed by atoms with Gasteiger partial charge in [-0.15, -0.1) is 0 Å². The Morgan fingerprint density at radius 2 is 2.38 bits per heavy atom. The summed E-state index contributed by atoms with van der Waals surface area (Å²) in [6.07, 6.45) is 6.71. The van der Waals surface area contributed by atoms with Crippen molar-refractivity contribution in [3.05, 3.63) is 11.6 Å².